The Bertz CT molecular complexity index is 1070. The Morgan fingerprint density at radius 3 is 2.12 bits per heavy atom. The smallest absolute Gasteiger partial charge is 0.278 e. The van der Waals surface area contributed by atoms with E-state index in [0.29, 0.717) is 29.9 Å². The summed E-state index contributed by atoms with van der Waals surface area (Å²) < 4.78 is 13.3. The number of benzene rings is 2. The van der Waals surface area contributed by atoms with Gasteiger partial charge in [-0.15, -0.1) is 0 Å². The number of carbonyl (C=O) groups is 2. The number of nitrogens with zero attached hydrogens (tertiary/aromatic N) is 4. The van der Waals surface area contributed by atoms with Crippen molar-refractivity contribution in [3.05, 3.63) is 81.3 Å². The number of carbonyl (C=O) groups excluding carboxylic acids is 2. The Morgan fingerprint density at radius 2 is 1.56 bits per heavy atom. The number of nitro benzene ring substituents is 1. The molecular formula is C23H23FN4O4. The second-order valence-electron chi connectivity index (χ2n) is 7.77. The molecule has 0 unspecified atom stereocenters. The molecular weight excluding hydrogens is 415 g/mol. The first-order valence-corrected chi connectivity index (χ1v) is 10.5. The number of nitro groups is 1. The zero-order chi connectivity index (χ0) is 22.8. The predicted molar refractivity (Wildman–Crippen MR) is 116 cm³/mol. The fraction of sp³-hybridized carbons (Fsp3) is 0.304. The molecule has 2 aliphatic heterocycles. The van der Waals surface area contributed by atoms with Gasteiger partial charge in [-0.05, 0) is 41.9 Å². The largest absolute Gasteiger partial charge is 0.364 e. The molecule has 0 saturated carbocycles. The zero-order valence-corrected chi connectivity index (χ0v) is 17.7. The van der Waals surface area contributed by atoms with Crippen molar-refractivity contribution < 1.29 is 18.9 Å². The summed E-state index contributed by atoms with van der Waals surface area (Å²) in [6.07, 6.45) is 0. The van der Waals surface area contributed by atoms with E-state index in [1.807, 2.05) is 4.90 Å². The summed E-state index contributed by atoms with van der Waals surface area (Å²) in [7, 11) is 0. The number of rotatable bonds is 6. The average molecular weight is 438 g/mol. The standard InChI is InChI=1S/C23H23FN4O4/c1-2-25-11-13-26(14-12-25)21-20(17-5-9-19(10-6-17)28(31)32)22(29)27(23(21)30)15-16-3-7-18(24)8-4-16/h3-10H,2,11-15H2,1H3. The van der Waals surface area contributed by atoms with Gasteiger partial charge < -0.3 is 9.80 Å². The lowest BCUT2D eigenvalue weighted by Crippen LogP contribution is -2.47. The van der Waals surface area contributed by atoms with Crippen LogP contribution in [-0.4, -0.2) is 64.2 Å². The predicted octanol–water partition coefficient (Wildman–Crippen LogP) is 2.65. The van der Waals surface area contributed by atoms with E-state index in [4.69, 9.17) is 0 Å². The van der Waals surface area contributed by atoms with Gasteiger partial charge in [-0.25, -0.2) is 4.39 Å². The minimum atomic E-state index is -0.508. The maximum atomic E-state index is 13.4. The quantitative estimate of drug-likeness (QED) is 0.392. The summed E-state index contributed by atoms with van der Waals surface area (Å²) in [5.74, 6) is -1.26. The molecule has 1 saturated heterocycles. The third-order valence-corrected chi connectivity index (χ3v) is 5.90. The Labute approximate surface area is 184 Å². The van der Waals surface area contributed by atoms with Crippen molar-refractivity contribution in [2.24, 2.45) is 0 Å². The SMILES string of the molecule is CCN1CCN(C2=C(c3ccc([N+](=O)[O-])cc3)C(=O)N(Cc3ccc(F)cc3)C2=O)CC1. The van der Waals surface area contributed by atoms with Crippen molar-refractivity contribution in [1.29, 1.82) is 0 Å². The van der Waals surface area contributed by atoms with Gasteiger partial charge in [0.15, 0.2) is 0 Å². The molecule has 2 amide bonds. The zero-order valence-electron chi connectivity index (χ0n) is 17.7. The molecule has 4 rings (SSSR count). The summed E-state index contributed by atoms with van der Waals surface area (Å²) >= 11 is 0. The highest BCUT2D eigenvalue weighted by molar-refractivity contribution is 6.35. The Balaban J connectivity index is 1.70. The van der Waals surface area contributed by atoms with E-state index in [-0.39, 0.29) is 17.8 Å². The second kappa shape index (κ2) is 8.88. The number of halogens is 1. The highest BCUT2D eigenvalue weighted by atomic mass is 19.1. The van der Waals surface area contributed by atoms with Crippen LogP contribution in [0.5, 0.6) is 0 Å². The number of non-ortho nitro benzene ring substituents is 1. The highest BCUT2D eigenvalue weighted by Crippen LogP contribution is 2.34. The maximum Gasteiger partial charge on any atom is 0.278 e. The molecule has 2 aromatic carbocycles. The lowest BCUT2D eigenvalue weighted by molar-refractivity contribution is -0.384. The molecule has 0 aromatic heterocycles. The molecule has 0 spiro atoms. The van der Waals surface area contributed by atoms with Crippen LogP contribution in [0.2, 0.25) is 0 Å². The Hall–Kier alpha value is -3.59. The van der Waals surface area contributed by atoms with Gasteiger partial charge in [-0.2, -0.15) is 0 Å². The van der Waals surface area contributed by atoms with Gasteiger partial charge >= 0.3 is 0 Å². The fourth-order valence-electron chi connectivity index (χ4n) is 4.07. The van der Waals surface area contributed by atoms with Gasteiger partial charge in [-0.1, -0.05) is 19.1 Å². The monoisotopic (exact) mass is 438 g/mol. The summed E-state index contributed by atoms with van der Waals surface area (Å²) in [5, 5.41) is 11.0. The Morgan fingerprint density at radius 1 is 0.938 bits per heavy atom. The van der Waals surface area contributed by atoms with E-state index in [1.165, 1.54) is 36.4 Å². The van der Waals surface area contributed by atoms with E-state index < -0.39 is 22.6 Å². The molecule has 0 radical (unpaired) electrons. The summed E-state index contributed by atoms with van der Waals surface area (Å²) in [6.45, 7) is 5.75. The van der Waals surface area contributed by atoms with Crippen molar-refractivity contribution >= 4 is 23.1 Å². The van der Waals surface area contributed by atoms with Crippen molar-refractivity contribution in [2.75, 3.05) is 32.7 Å². The van der Waals surface area contributed by atoms with Crippen LogP contribution in [0.3, 0.4) is 0 Å². The van der Waals surface area contributed by atoms with Crippen LogP contribution in [0, 0.1) is 15.9 Å². The van der Waals surface area contributed by atoms with Gasteiger partial charge in [0.2, 0.25) is 0 Å². The number of amides is 2. The van der Waals surface area contributed by atoms with Gasteiger partial charge in [0.1, 0.15) is 11.5 Å². The molecule has 166 valence electrons. The number of hydrogen-bond donors (Lipinski definition) is 0. The van der Waals surface area contributed by atoms with Crippen molar-refractivity contribution in [2.45, 2.75) is 13.5 Å². The molecule has 9 heteroatoms. The molecule has 2 aliphatic rings. The molecule has 0 bridgehead atoms. The van der Waals surface area contributed by atoms with Gasteiger partial charge in [0.25, 0.3) is 17.5 Å². The molecule has 32 heavy (non-hydrogen) atoms. The molecule has 0 aliphatic carbocycles. The first-order valence-electron chi connectivity index (χ1n) is 10.5. The van der Waals surface area contributed by atoms with Gasteiger partial charge in [0.05, 0.1) is 17.0 Å². The molecule has 2 heterocycles. The van der Waals surface area contributed by atoms with Crippen LogP contribution in [0.25, 0.3) is 5.57 Å². The van der Waals surface area contributed by atoms with Crippen LogP contribution in [-0.2, 0) is 16.1 Å². The van der Waals surface area contributed by atoms with E-state index in [2.05, 4.69) is 11.8 Å². The molecule has 0 N–H and O–H groups in total. The number of piperazine rings is 1. The van der Waals surface area contributed by atoms with Crippen LogP contribution in [0.15, 0.2) is 54.2 Å². The lowest BCUT2D eigenvalue weighted by Gasteiger charge is -2.36. The van der Waals surface area contributed by atoms with E-state index in [0.717, 1.165) is 24.5 Å². The number of hydrogen-bond acceptors (Lipinski definition) is 6. The summed E-state index contributed by atoms with van der Waals surface area (Å²) in [6, 6.07) is 11.3. The molecule has 0 atom stereocenters. The molecule has 8 nitrogen and oxygen atoms in total. The summed E-state index contributed by atoms with van der Waals surface area (Å²) in [5.41, 5.74) is 1.57. The Kier molecular flexibility index (Phi) is 6.00. The lowest BCUT2D eigenvalue weighted by atomic mass is 10.0. The molecule has 2 aromatic rings. The summed E-state index contributed by atoms with van der Waals surface area (Å²) in [4.78, 5) is 42.7. The number of imide groups is 1. The minimum Gasteiger partial charge on any atom is -0.364 e. The average Bonchev–Trinajstić information content (AvgIpc) is 3.05. The number of likely N-dealkylation sites (N-methyl/N-ethyl adjacent to an activating group) is 1. The fourth-order valence-corrected chi connectivity index (χ4v) is 4.07. The van der Waals surface area contributed by atoms with Crippen LogP contribution in [0.1, 0.15) is 18.1 Å². The third-order valence-electron chi connectivity index (χ3n) is 5.90. The van der Waals surface area contributed by atoms with Gasteiger partial charge in [-0.3, -0.25) is 24.6 Å². The van der Waals surface area contributed by atoms with E-state index in [1.54, 1.807) is 12.1 Å². The molecule has 1 fully saturated rings. The van der Waals surface area contributed by atoms with Crippen molar-refractivity contribution in [3.63, 3.8) is 0 Å². The van der Waals surface area contributed by atoms with Crippen molar-refractivity contribution in [3.8, 4) is 0 Å². The first-order chi connectivity index (χ1) is 15.4. The topological polar surface area (TPSA) is 87.0 Å². The van der Waals surface area contributed by atoms with Crippen LogP contribution in [0.4, 0.5) is 10.1 Å². The van der Waals surface area contributed by atoms with Gasteiger partial charge in [0, 0.05) is 38.3 Å². The third kappa shape index (κ3) is 4.11. The maximum absolute atomic E-state index is 13.4. The second-order valence-corrected chi connectivity index (χ2v) is 7.77. The van der Waals surface area contributed by atoms with E-state index >= 15 is 0 Å². The van der Waals surface area contributed by atoms with Crippen molar-refractivity contribution in [1.82, 2.24) is 14.7 Å². The minimum absolute atomic E-state index is 0.0207. The normalized spacial score (nSPS) is 17.4. The highest BCUT2D eigenvalue weighted by Gasteiger charge is 2.42. The van der Waals surface area contributed by atoms with Crippen LogP contribution < -0.4 is 0 Å². The van der Waals surface area contributed by atoms with Crippen LogP contribution >= 0.6 is 0 Å². The van der Waals surface area contributed by atoms with E-state index in [9.17, 15) is 24.1 Å². The first kappa shape index (κ1) is 21.6.